The van der Waals surface area contributed by atoms with Crippen LogP contribution < -0.4 is 0 Å². The van der Waals surface area contributed by atoms with Gasteiger partial charge in [0, 0.05) is 33.4 Å². The number of ketones is 1. The summed E-state index contributed by atoms with van der Waals surface area (Å²) in [5.41, 5.74) is 1.91. The number of carbonyl (C=O) groups is 1. The zero-order chi connectivity index (χ0) is 16.4. The molecule has 0 aromatic rings. The van der Waals surface area contributed by atoms with E-state index in [-0.39, 0.29) is 5.78 Å². The van der Waals surface area contributed by atoms with Gasteiger partial charge in [-0.05, 0) is 0 Å². The van der Waals surface area contributed by atoms with Gasteiger partial charge in [0.05, 0.1) is 11.4 Å². The zero-order valence-corrected chi connectivity index (χ0v) is 16.8. The molecule has 0 aliphatic heterocycles. The summed E-state index contributed by atoms with van der Waals surface area (Å²) in [5.74, 6) is 0.228. The van der Waals surface area contributed by atoms with E-state index in [1.807, 2.05) is 14.1 Å². The third-order valence-electron chi connectivity index (χ3n) is 3.74. The van der Waals surface area contributed by atoms with Crippen molar-refractivity contribution in [2.24, 2.45) is 10.2 Å². The molecule has 0 atom stereocenters. The molecule has 1 aliphatic rings. The highest BCUT2D eigenvalue weighted by Gasteiger charge is 2.26. The number of nitrogens with zero attached hydrogens (tertiary/aromatic N) is 4. The number of rotatable bonds is 4. The molecule has 1 fully saturated rings. The molecule has 0 amide bonds. The first-order valence-electron chi connectivity index (χ1n) is 7.51. The van der Waals surface area contributed by atoms with Crippen molar-refractivity contribution >= 4 is 33.7 Å². The molecule has 0 N–H and O–H groups in total. The van der Waals surface area contributed by atoms with Gasteiger partial charge in [-0.15, -0.1) is 0 Å². The molecule has 1 aliphatic carbocycles. The standard InChI is InChI=1S/C14H30N4OSi2/c1-17(20(3,4)5)15-12-9-13(11-14(19)10-12)16-18(2)21(6,7)8/h9-11H2,1-8H3. The quantitative estimate of drug-likeness (QED) is 0.589. The van der Waals surface area contributed by atoms with Crippen LogP contribution in [0.2, 0.25) is 39.3 Å². The molecule has 0 heterocycles. The number of hydrogen-bond donors (Lipinski definition) is 0. The number of hydrazone groups is 2. The summed E-state index contributed by atoms with van der Waals surface area (Å²) >= 11 is 0. The monoisotopic (exact) mass is 326 g/mol. The Balaban J connectivity index is 2.91. The van der Waals surface area contributed by atoms with Crippen LogP contribution in [0, 0.1) is 0 Å². The predicted molar refractivity (Wildman–Crippen MR) is 95.9 cm³/mol. The maximum atomic E-state index is 12.0. The van der Waals surface area contributed by atoms with E-state index in [4.69, 9.17) is 0 Å². The fraction of sp³-hybridized carbons (Fsp3) is 0.786. The van der Waals surface area contributed by atoms with Crippen LogP contribution in [-0.2, 0) is 4.79 Å². The van der Waals surface area contributed by atoms with Gasteiger partial charge < -0.3 is 9.35 Å². The van der Waals surface area contributed by atoms with E-state index in [0.29, 0.717) is 12.8 Å². The summed E-state index contributed by atoms with van der Waals surface area (Å²) in [4.78, 5) is 12.0. The van der Waals surface area contributed by atoms with Crippen molar-refractivity contribution in [3.63, 3.8) is 0 Å². The number of carbonyl (C=O) groups excluding carboxylic acids is 1. The number of hydrogen-bond acceptors (Lipinski definition) is 5. The summed E-state index contributed by atoms with van der Waals surface area (Å²) in [5, 5.41) is 9.36. The Kier molecular flexibility index (Phi) is 5.54. The van der Waals surface area contributed by atoms with E-state index in [1.165, 1.54) is 0 Å². The van der Waals surface area contributed by atoms with Gasteiger partial charge in [-0.2, -0.15) is 10.2 Å². The van der Waals surface area contributed by atoms with Gasteiger partial charge in [0.1, 0.15) is 5.78 Å². The Morgan fingerprint density at radius 1 is 0.762 bits per heavy atom. The van der Waals surface area contributed by atoms with Gasteiger partial charge in [0.2, 0.25) is 0 Å². The van der Waals surface area contributed by atoms with E-state index in [1.54, 1.807) is 0 Å². The fourth-order valence-electron chi connectivity index (χ4n) is 1.74. The zero-order valence-electron chi connectivity index (χ0n) is 14.8. The molecular weight excluding hydrogens is 296 g/mol. The molecule has 0 unspecified atom stereocenters. The molecule has 0 bridgehead atoms. The van der Waals surface area contributed by atoms with E-state index in [9.17, 15) is 4.79 Å². The van der Waals surface area contributed by atoms with Gasteiger partial charge in [-0.1, -0.05) is 39.3 Å². The Bertz CT molecular complexity index is 421. The molecular formula is C14H30N4OSi2. The topological polar surface area (TPSA) is 48.3 Å². The van der Waals surface area contributed by atoms with Crippen LogP contribution in [0.5, 0.6) is 0 Å². The average molecular weight is 327 g/mol. The van der Waals surface area contributed by atoms with Crippen molar-refractivity contribution in [2.45, 2.75) is 58.5 Å². The molecule has 0 saturated heterocycles. The Hall–Kier alpha value is -0.956. The number of Topliss-reactive ketones (excluding diaryl/α,β-unsaturated/α-hetero) is 1. The molecule has 5 nitrogen and oxygen atoms in total. The van der Waals surface area contributed by atoms with Crippen molar-refractivity contribution in [3.8, 4) is 0 Å². The van der Waals surface area contributed by atoms with Crippen LogP contribution in [-0.4, -0.2) is 57.1 Å². The average Bonchev–Trinajstić information content (AvgIpc) is 2.25. The van der Waals surface area contributed by atoms with Gasteiger partial charge in [0.25, 0.3) is 0 Å². The van der Waals surface area contributed by atoms with Crippen molar-refractivity contribution in [1.82, 2.24) is 9.35 Å². The molecule has 0 aromatic heterocycles. The highest BCUT2D eigenvalue weighted by molar-refractivity contribution is 6.73. The first-order chi connectivity index (χ1) is 9.39. The minimum Gasteiger partial charge on any atom is -0.328 e. The highest BCUT2D eigenvalue weighted by atomic mass is 28.3. The maximum absolute atomic E-state index is 12.0. The lowest BCUT2D eigenvalue weighted by atomic mass is 9.95. The summed E-state index contributed by atoms with van der Waals surface area (Å²) < 4.78 is 4.14. The van der Waals surface area contributed by atoms with E-state index in [0.717, 1.165) is 17.8 Å². The van der Waals surface area contributed by atoms with E-state index >= 15 is 0 Å². The second-order valence-electron chi connectivity index (χ2n) is 7.79. The molecule has 21 heavy (non-hydrogen) atoms. The molecule has 7 heteroatoms. The Labute approximate surface area is 131 Å². The maximum Gasteiger partial charge on any atom is 0.168 e. The van der Waals surface area contributed by atoms with Crippen molar-refractivity contribution in [3.05, 3.63) is 0 Å². The molecule has 0 spiro atoms. The molecule has 1 rings (SSSR count). The summed E-state index contributed by atoms with van der Waals surface area (Å²) in [7, 11) is 1.12. The summed E-state index contributed by atoms with van der Waals surface area (Å²) in [6, 6.07) is 0. The lowest BCUT2D eigenvalue weighted by Crippen LogP contribution is -2.42. The van der Waals surface area contributed by atoms with Crippen LogP contribution >= 0.6 is 0 Å². The van der Waals surface area contributed by atoms with E-state index in [2.05, 4.69) is 58.8 Å². The first kappa shape index (κ1) is 18.1. The van der Waals surface area contributed by atoms with E-state index < -0.39 is 16.5 Å². The van der Waals surface area contributed by atoms with Crippen molar-refractivity contribution in [1.29, 1.82) is 0 Å². The van der Waals surface area contributed by atoms with Crippen LogP contribution in [0.3, 0.4) is 0 Å². The summed E-state index contributed by atoms with van der Waals surface area (Å²) in [6.07, 6.45) is 1.68. The first-order valence-corrected chi connectivity index (χ1v) is 14.4. The van der Waals surface area contributed by atoms with Gasteiger partial charge >= 0.3 is 0 Å². The van der Waals surface area contributed by atoms with Crippen molar-refractivity contribution < 1.29 is 4.79 Å². The predicted octanol–water partition coefficient (Wildman–Crippen LogP) is 2.98. The SMILES string of the molecule is CN(N=C1CC(=O)CC(=NN(C)[Si](C)(C)C)C1)[Si](C)(C)C. The third-order valence-corrected chi connectivity index (χ3v) is 7.82. The van der Waals surface area contributed by atoms with Crippen LogP contribution in [0.4, 0.5) is 0 Å². The Morgan fingerprint density at radius 3 is 1.38 bits per heavy atom. The second kappa shape index (κ2) is 6.43. The second-order valence-corrected chi connectivity index (χ2v) is 17.8. The minimum atomic E-state index is -1.46. The largest absolute Gasteiger partial charge is 0.328 e. The van der Waals surface area contributed by atoms with Crippen LogP contribution in [0.25, 0.3) is 0 Å². The lowest BCUT2D eigenvalue weighted by Gasteiger charge is -2.30. The molecule has 0 aromatic carbocycles. The van der Waals surface area contributed by atoms with Crippen molar-refractivity contribution in [2.75, 3.05) is 14.1 Å². The Morgan fingerprint density at radius 2 is 1.10 bits per heavy atom. The van der Waals surface area contributed by atoms with Gasteiger partial charge in [0.15, 0.2) is 16.5 Å². The molecule has 120 valence electrons. The highest BCUT2D eigenvalue weighted by Crippen LogP contribution is 2.16. The summed E-state index contributed by atoms with van der Waals surface area (Å²) in [6.45, 7) is 13.5. The third kappa shape index (κ3) is 5.74. The smallest absolute Gasteiger partial charge is 0.168 e. The minimum absolute atomic E-state index is 0.228. The fourth-order valence-corrected chi connectivity index (χ4v) is 2.63. The van der Waals surface area contributed by atoms with Crippen LogP contribution in [0.1, 0.15) is 19.3 Å². The normalized spacial score (nSPS) is 21.0. The van der Waals surface area contributed by atoms with Gasteiger partial charge in [-0.3, -0.25) is 4.79 Å². The molecule has 0 radical (unpaired) electrons. The van der Waals surface area contributed by atoms with Crippen LogP contribution in [0.15, 0.2) is 10.2 Å². The molecule has 1 saturated carbocycles. The van der Waals surface area contributed by atoms with Gasteiger partial charge in [-0.25, -0.2) is 0 Å². The lowest BCUT2D eigenvalue weighted by molar-refractivity contribution is -0.117.